The Labute approximate surface area is 151 Å². The van der Waals surface area contributed by atoms with Gasteiger partial charge in [-0.25, -0.2) is 0 Å². The maximum atomic E-state index is 5.55. The Bertz CT molecular complexity index is 348. The average Bonchev–Trinajstić information content (AvgIpc) is 3.45. The van der Waals surface area contributed by atoms with Gasteiger partial charge in [0.25, 0.3) is 0 Å². The lowest BCUT2D eigenvalue weighted by Gasteiger charge is -2.39. The fourth-order valence-corrected chi connectivity index (χ4v) is 3.73. The molecule has 0 N–H and O–H groups in total. The van der Waals surface area contributed by atoms with Crippen molar-refractivity contribution in [2.45, 2.75) is 69.6 Å². The normalized spacial score (nSPS) is 33.7. The average molecular weight is 354 g/mol. The number of epoxide rings is 4. The maximum absolute atomic E-state index is 5.55. The van der Waals surface area contributed by atoms with Crippen molar-refractivity contribution >= 4 is 0 Å². The number of ether oxygens (including phenoxy) is 4. The molecule has 0 saturated carbocycles. The van der Waals surface area contributed by atoms with Crippen LogP contribution in [0.15, 0.2) is 0 Å². The minimum atomic E-state index is 0.424. The van der Waals surface area contributed by atoms with E-state index in [1.165, 1.54) is 32.1 Å². The van der Waals surface area contributed by atoms with E-state index in [0.29, 0.717) is 30.6 Å². The summed E-state index contributed by atoms with van der Waals surface area (Å²) in [6, 6.07) is 0. The Balaban J connectivity index is 1.40. The molecule has 144 valence electrons. The molecule has 0 spiro atoms. The van der Waals surface area contributed by atoms with E-state index in [9.17, 15) is 0 Å². The van der Waals surface area contributed by atoms with E-state index in [-0.39, 0.29) is 0 Å². The van der Waals surface area contributed by atoms with Crippen LogP contribution in [0.4, 0.5) is 0 Å². The van der Waals surface area contributed by atoms with Crippen LogP contribution in [0.5, 0.6) is 0 Å². The highest BCUT2D eigenvalue weighted by Gasteiger charge is 2.39. The van der Waals surface area contributed by atoms with E-state index in [1.807, 2.05) is 0 Å². The van der Waals surface area contributed by atoms with Gasteiger partial charge in [-0.2, -0.15) is 0 Å². The van der Waals surface area contributed by atoms with Gasteiger partial charge in [-0.15, -0.1) is 0 Å². The Hall–Kier alpha value is -0.240. The molecule has 4 atom stereocenters. The summed E-state index contributed by atoms with van der Waals surface area (Å²) in [4.78, 5) is 5.26. The maximum Gasteiger partial charge on any atom is 0.0937 e. The third kappa shape index (κ3) is 6.45. The summed E-state index contributed by atoms with van der Waals surface area (Å²) in [6.07, 6.45) is 8.62. The minimum Gasteiger partial charge on any atom is -0.372 e. The van der Waals surface area contributed by atoms with Gasteiger partial charge >= 0.3 is 0 Å². The van der Waals surface area contributed by atoms with Gasteiger partial charge in [-0.1, -0.05) is 32.6 Å². The van der Waals surface area contributed by atoms with Crippen LogP contribution in [0.3, 0.4) is 0 Å². The van der Waals surface area contributed by atoms with Crippen molar-refractivity contribution in [3.8, 4) is 0 Å². The number of hydrogen-bond donors (Lipinski definition) is 0. The fourth-order valence-electron chi connectivity index (χ4n) is 3.73. The third-order valence-electron chi connectivity index (χ3n) is 5.52. The molecule has 4 heterocycles. The first-order valence-corrected chi connectivity index (χ1v) is 10.3. The molecule has 0 aromatic carbocycles. The van der Waals surface area contributed by atoms with Crippen LogP contribution < -0.4 is 0 Å². The van der Waals surface area contributed by atoms with Crippen LogP contribution in [0.1, 0.15) is 39.0 Å². The van der Waals surface area contributed by atoms with Crippen molar-refractivity contribution in [1.29, 1.82) is 0 Å². The van der Waals surface area contributed by atoms with E-state index < -0.39 is 0 Å². The van der Waals surface area contributed by atoms with Gasteiger partial charge in [-0.3, -0.25) is 9.80 Å². The van der Waals surface area contributed by atoms with E-state index in [4.69, 9.17) is 18.9 Å². The van der Waals surface area contributed by atoms with E-state index in [1.54, 1.807) is 0 Å². The SMILES string of the molecule is CCCCCCC(N(CC1CO1)CC1CO1)N(CC1CO1)CC1CO1. The van der Waals surface area contributed by atoms with Gasteiger partial charge in [-0.05, 0) is 6.42 Å². The van der Waals surface area contributed by atoms with Gasteiger partial charge in [0.1, 0.15) is 0 Å². The first-order valence-electron chi connectivity index (χ1n) is 10.3. The summed E-state index contributed by atoms with van der Waals surface area (Å²) in [5.41, 5.74) is 0. The lowest BCUT2D eigenvalue weighted by Crippen LogP contribution is -2.53. The molecule has 6 heteroatoms. The fraction of sp³-hybridized carbons (Fsp3) is 1.00. The van der Waals surface area contributed by atoms with Crippen LogP contribution in [-0.2, 0) is 18.9 Å². The highest BCUT2D eigenvalue weighted by molar-refractivity contribution is 4.89. The number of rotatable bonds is 15. The Morgan fingerprint density at radius 3 is 1.40 bits per heavy atom. The molecule has 4 aliphatic rings. The molecule has 0 aromatic heterocycles. The molecule has 0 aliphatic carbocycles. The zero-order valence-corrected chi connectivity index (χ0v) is 15.6. The minimum absolute atomic E-state index is 0.424. The Kier molecular flexibility index (Phi) is 6.26. The van der Waals surface area contributed by atoms with Gasteiger partial charge in [0.15, 0.2) is 0 Å². The summed E-state index contributed by atoms with van der Waals surface area (Å²) < 4.78 is 22.2. The van der Waals surface area contributed by atoms with Crippen LogP contribution in [0.2, 0.25) is 0 Å². The highest BCUT2D eigenvalue weighted by Crippen LogP contribution is 2.26. The zero-order valence-electron chi connectivity index (χ0n) is 15.6. The molecule has 0 radical (unpaired) electrons. The molecule has 0 bridgehead atoms. The lowest BCUT2D eigenvalue weighted by molar-refractivity contribution is 0.0166. The van der Waals surface area contributed by atoms with Crippen molar-refractivity contribution in [3.05, 3.63) is 0 Å². The van der Waals surface area contributed by atoms with Gasteiger partial charge < -0.3 is 18.9 Å². The highest BCUT2D eigenvalue weighted by atomic mass is 16.6. The number of hydrogen-bond acceptors (Lipinski definition) is 6. The standard InChI is InChI=1S/C19H34N2O4/c1-2-3-4-5-6-19(20(7-15-11-22-15)8-16-12-23-16)21(9-17-13-24-17)10-18-14-25-18/h15-19H,2-14H2,1H3. The van der Waals surface area contributed by atoms with Crippen molar-refractivity contribution in [2.75, 3.05) is 52.6 Å². The Morgan fingerprint density at radius 2 is 1.08 bits per heavy atom. The van der Waals surface area contributed by atoms with Crippen LogP contribution >= 0.6 is 0 Å². The van der Waals surface area contributed by atoms with Gasteiger partial charge in [0.2, 0.25) is 0 Å². The van der Waals surface area contributed by atoms with Crippen molar-refractivity contribution < 1.29 is 18.9 Å². The van der Waals surface area contributed by atoms with E-state index >= 15 is 0 Å². The zero-order chi connectivity index (χ0) is 17.1. The van der Waals surface area contributed by atoms with Crippen molar-refractivity contribution in [2.24, 2.45) is 0 Å². The first kappa shape index (κ1) is 18.1. The molecular weight excluding hydrogens is 320 g/mol. The van der Waals surface area contributed by atoms with E-state index in [0.717, 1.165) is 52.6 Å². The molecule has 0 aromatic rings. The second kappa shape index (κ2) is 8.63. The summed E-state index contributed by atoms with van der Waals surface area (Å²) in [6.45, 7) is 10.1. The predicted molar refractivity (Wildman–Crippen MR) is 94.7 cm³/mol. The van der Waals surface area contributed by atoms with Crippen molar-refractivity contribution in [1.82, 2.24) is 9.80 Å². The van der Waals surface area contributed by atoms with Gasteiger partial charge in [0.05, 0.1) is 57.0 Å². The van der Waals surface area contributed by atoms with Crippen LogP contribution in [0.25, 0.3) is 0 Å². The smallest absolute Gasteiger partial charge is 0.0937 e. The second-order valence-electron chi connectivity index (χ2n) is 8.06. The summed E-state index contributed by atoms with van der Waals surface area (Å²) in [7, 11) is 0. The van der Waals surface area contributed by atoms with E-state index in [2.05, 4.69) is 16.7 Å². The molecular formula is C19H34N2O4. The summed E-state index contributed by atoms with van der Waals surface area (Å²) in [5, 5.41) is 0. The molecule has 6 nitrogen and oxygen atoms in total. The third-order valence-corrected chi connectivity index (χ3v) is 5.52. The molecule has 4 rings (SSSR count). The topological polar surface area (TPSA) is 56.6 Å². The lowest BCUT2D eigenvalue weighted by atomic mass is 10.1. The summed E-state index contributed by atoms with van der Waals surface area (Å²) in [5.74, 6) is 0. The quantitative estimate of drug-likeness (QED) is 0.252. The molecule has 0 amide bonds. The molecule has 4 aliphatic heterocycles. The molecule has 4 saturated heterocycles. The largest absolute Gasteiger partial charge is 0.372 e. The van der Waals surface area contributed by atoms with Crippen LogP contribution in [0, 0.1) is 0 Å². The number of unbranched alkanes of at least 4 members (excludes halogenated alkanes) is 3. The van der Waals surface area contributed by atoms with Crippen LogP contribution in [-0.4, -0.2) is 93.0 Å². The molecule has 4 fully saturated rings. The second-order valence-corrected chi connectivity index (χ2v) is 8.06. The monoisotopic (exact) mass is 354 g/mol. The first-order chi connectivity index (χ1) is 12.3. The predicted octanol–water partition coefficient (Wildman–Crippen LogP) is 1.48. The Morgan fingerprint density at radius 1 is 0.680 bits per heavy atom. The molecule has 4 unspecified atom stereocenters. The van der Waals surface area contributed by atoms with Gasteiger partial charge in [0, 0.05) is 26.2 Å². The van der Waals surface area contributed by atoms with Crippen molar-refractivity contribution in [3.63, 3.8) is 0 Å². The summed E-state index contributed by atoms with van der Waals surface area (Å²) >= 11 is 0. The molecule has 25 heavy (non-hydrogen) atoms. The number of nitrogens with zero attached hydrogens (tertiary/aromatic N) is 2.